The largest absolute Gasteiger partial charge is 0.477 e. The summed E-state index contributed by atoms with van der Waals surface area (Å²) in [5, 5.41) is 9.95. The lowest BCUT2D eigenvalue weighted by Gasteiger charge is -2.12. The molecule has 1 N–H and O–H groups in total. The van der Waals surface area contributed by atoms with Gasteiger partial charge in [-0.15, -0.1) is 11.3 Å². The molecular formula is C15H17NO3S. The van der Waals surface area contributed by atoms with E-state index in [2.05, 4.69) is 4.98 Å². The van der Waals surface area contributed by atoms with E-state index in [1.54, 1.807) is 7.11 Å². The number of benzene rings is 1. The molecule has 0 amide bonds. The molecule has 4 nitrogen and oxygen atoms in total. The van der Waals surface area contributed by atoms with Gasteiger partial charge < -0.3 is 9.84 Å². The van der Waals surface area contributed by atoms with E-state index in [0.717, 1.165) is 12.0 Å². The van der Waals surface area contributed by atoms with Crippen LogP contribution in [-0.2, 0) is 11.2 Å². The van der Waals surface area contributed by atoms with Crippen molar-refractivity contribution in [2.24, 2.45) is 0 Å². The molecular weight excluding hydrogens is 274 g/mol. The van der Waals surface area contributed by atoms with E-state index < -0.39 is 5.97 Å². The summed E-state index contributed by atoms with van der Waals surface area (Å²) in [4.78, 5) is 16.1. The van der Waals surface area contributed by atoms with Crippen molar-refractivity contribution in [3.05, 3.63) is 51.5 Å². The molecule has 0 spiro atoms. The standard InChI is InChI=1S/C15H17NO3S/c1-3-7-11-13(15(17)18)20-14(16-11)12(19-2)10-8-5-4-6-9-10/h4-6,8-9,12H,3,7H2,1-2H3,(H,17,18). The highest BCUT2D eigenvalue weighted by atomic mass is 32.1. The zero-order valence-electron chi connectivity index (χ0n) is 11.5. The molecule has 0 radical (unpaired) electrons. The molecule has 5 heteroatoms. The molecule has 2 rings (SSSR count). The lowest BCUT2D eigenvalue weighted by Crippen LogP contribution is -2.03. The Morgan fingerprint density at radius 3 is 2.65 bits per heavy atom. The van der Waals surface area contributed by atoms with Crippen molar-refractivity contribution in [2.45, 2.75) is 25.9 Å². The van der Waals surface area contributed by atoms with E-state index in [-0.39, 0.29) is 6.10 Å². The fourth-order valence-electron chi connectivity index (χ4n) is 2.06. The smallest absolute Gasteiger partial charge is 0.347 e. The van der Waals surface area contributed by atoms with Gasteiger partial charge in [0.05, 0.1) is 5.69 Å². The van der Waals surface area contributed by atoms with Gasteiger partial charge in [0.1, 0.15) is 16.0 Å². The first-order valence-electron chi connectivity index (χ1n) is 6.48. The summed E-state index contributed by atoms with van der Waals surface area (Å²) >= 11 is 1.20. The van der Waals surface area contributed by atoms with E-state index in [1.807, 2.05) is 37.3 Å². The van der Waals surface area contributed by atoms with Crippen molar-refractivity contribution in [2.75, 3.05) is 7.11 Å². The van der Waals surface area contributed by atoms with Gasteiger partial charge in [-0.05, 0) is 12.0 Å². The van der Waals surface area contributed by atoms with Crippen LogP contribution < -0.4 is 0 Å². The van der Waals surface area contributed by atoms with Gasteiger partial charge in [-0.3, -0.25) is 0 Å². The van der Waals surface area contributed by atoms with Crippen molar-refractivity contribution in [1.29, 1.82) is 0 Å². The minimum Gasteiger partial charge on any atom is -0.477 e. The van der Waals surface area contributed by atoms with Crippen LogP contribution in [0.5, 0.6) is 0 Å². The number of ether oxygens (including phenoxy) is 1. The molecule has 106 valence electrons. The van der Waals surface area contributed by atoms with Gasteiger partial charge in [-0.25, -0.2) is 9.78 Å². The van der Waals surface area contributed by atoms with Gasteiger partial charge in [-0.2, -0.15) is 0 Å². The first-order valence-corrected chi connectivity index (χ1v) is 7.29. The minimum absolute atomic E-state index is 0.315. The van der Waals surface area contributed by atoms with Crippen LogP contribution in [0, 0.1) is 0 Å². The Balaban J connectivity index is 2.40. The third-order valence-corrected chi connectivity index (χ3v) is 4.09. The summed E-state index contributed by atoms with van der Waals surface area (Å²) < 4.78 is 5.50. The molecule has 0 bridgehead atoms. The van der Waals surface area contributed by atoms with Crippen LogP contribution >= 0.6 is 11.3 Å². The van der Waals surface area contributed by atoms with Gasteiger partial charge in [0.25, 0.3) is 0 Å². The number of nitrogens with zero attached hydrogens (tertiary/aromatic N) is 1. The second-order valence-corrected chi connectivity index (χ2v) is 5.44. The lowest BCUT2D eigenvalue weighted by atomic mass is 10.1. The third-order valence-electron chi connectivity index (χ3n) is 2.96. The Bertz CT molecular complexity index is 580. The Labute approximate surface area is 122 Å². The maximum Gasteiger partial charge on any atom is 0.347 e. The van der Waals surface area contributed by atoms with Crippen molar-refractivity contribution in [3.63, 3.8) is 0 Å². The maximum absolute atomic E-state index is 11.3. The van der Waals surface area contributed by atoms with Crippen LogP contribution in [-0.4, -0.2) is 23.2 Å². The minimum atomic E-state index is -0.917. The lowest BCUT2D eigenvalue weighted by molar-refractivity contribution is 0.0700. The molecule has 0 aliphatic heterocycles. The van der Waals surface area contributed by atoms with Crippen molar-refractivity contribution in [3.8, 4) is 0 Å². The number of carboxylic acids is 1. The Hall–Kier alpha value is -1.72. The number of carbonyl (C=O) groups is 1. The first kappa shape index (κ1) is 14.7. The van der Waals surface area contributed by atoms with Crippen molar-refractivity contribution >= 4 is 17.3 Å². The van der Waals surface area contributed by atoms with Gasteiger partial charge in [0, 0.05) is 7.11 Å². The molecule has 0 saturated heterocycles. The van der Waals surface area contributed by atoms with Crippen LogP contribution in [0.25, 0.3) is 0 Å². The molecule has 0 fully saturated rings. The number of carboxylic acid groups (broad SMARTS) is 1. The van der Waals surface area contributed by atoms with E-state index >= 15 is 0 Å². The highest BCUT2D eigenvalue weighted by molar-refractivity contribution is 7.13. The van der Waals surface area contributed by atoms with Crippen molar-refractivity contribution < 1.29 is 14.6 Å². The van der Waals surface area contributed by atoms with Gasteiger partial charge in [0.15, 0.2) is 0 Å². The molecule has 1 atom stereocenters. The summed E-state index contributed by atoms with van der Waals surface area (Å²) in [6.07, 6.45) is 1.22. The zero-order chi connectivity index (χ0) is 14.5. The molecule has 1 heterocycles. The van der Waals surface area contributed by atoms with E-state index in [1.165, 1.54) is 11.3 Å². The number of aryl methyl sites for hydroxylation is 1. The Morgan fingerprint density at radius 1 is 1.40 bits per heavy atom. The number of rotatable bonds is 6. The van der Waals surface area contributed by atoms with E-state index in [4.69, 9.17) is 4.74 Å². The summed E-state index contributed by atoms with van der Waals surface area (Å²) in [6, 6.07) is 9.70. The molecule has 0 aliphatic rings. The molecule has 20 heavy (non-hydrogen) atoms. The fraction of sp³-hybridized carbons (Fsp3) is 0.333. The Morgan fingerprint density at radius 2 is 2.10 bits per heavy atom. The van der Waals surface area contributed by atoms with Crippen LogP contribution in [0.15, 0.2) is 30.3 Å². The van der Waals surface area contributed by atoms with Crippen LogP contribution in [0.1, 0.15) is 45.4 Å². The van der Waals surface area contributed by atoms with Crippen LogP contribution in [0.3, 0.4) is 0 Å². The van der Waals surface area contributed by atoms with Gasteiger partial charge in [-0.1, -0.05) is 43.7 Å². The number of aromatic carboxylic acids is 1. The average Bonchev–Trinajstić information content (AvgIpc) is 2.85. The normalized spacial score (nSPS) is 12.3. The molecule has 1 aromatic heterocycles. The van der Waals surface area contributed by atoms with Crippen molar-refractivity contribution in [1.82, 2.24) is 4.98 Å². The molecule has 1 aromatic carbocycles. The summed E-state index contributed by atoms with van der Waals surface area (Å²) in [7, 11) is 1.61. The SMILES string of the molecule is CCCc1nc(C(OC)c2ccccc2)sc1C(=O)O. The van der Waals surface area contributed by atoms with Crippen LogP contribution in [0.4, 0.5) is 0 Å². The summed E-state index contributed by atoms with van der Waals surface area (Å²) in [6.45, 7) is 2.01. The number of methoxy groups -OCH3 is 1. The van der Waals surface area contributed by atoms with E-state index in [9.17, 15) is 9.90 Å². The monoisotopic (exact) mass is 291 g/mol. The quantitative estimate of drug-likeness (QED) is 0.884. The summed E-state index contributed by atoms with van der Waals surface area (Å²) in [5.41, 5.74) is 1.63. The predicted molar refractivity (Wildman–Crippen MR) is 78.4 cm³/mol. The zero-order valence-corrected chi connectivity index (χ0v) is 12.3. The van der Waals surface area contributed by atoms with Crippen LogP contribution in [0.2, 0.25) is 0 Å². The Kier molecular flexibility index (Phi) is 4.87. The average molecular weight is 291 g/mol. The highest BCUT2D eigenvalue weighted by Crippen LogP contribution is 2.31. The molecule has 2 aromatic rings. The fourth-order valence-corrected chi connectivity index (χ4v) is 3.12. The van der Waals surface area contributed by atoms with E-state index in [0.29, 0.717) is 22.0 Å². The number of hydrogen-bond donors (Lipinski definition) is 1. The summed E-state index contributed by atoms with van der Waals surface area (Å²) in [5.74, 6) is -0.917. The number of aromatic nitrogens is 1. The molecule has 1 unspecified atom stereocenters. The van der Waals surface area contributed by atoms with Gasteiger partial charge >= 0.3 is 5.97 Å². The van der Waals surface area contributed by atoms with Gasteiger partial charge in [0.2, 0.25) is 0 Å². The second kappa shape index (κ2) is 6.63. The maximum atomic E-state index is 11.3. The number of thiazole rings is 1. The first-order chi connectivity index (χ1) is 9.67. The number of hydrogen-bond acceptors (Lipinski definition) is 4. The third kappa shape index (κ3) is 3.05. The molecule has 0 aliphatic carbocycles. The second-order valence-electron chi connectivity index (χ2n) is 4.41. The molecule has 0 saturated carbocycles. The highest BCUT2D eigenvalue weighted by Gasteiger charge is 2.23. The topological polar surface area (TPSA) is 59.4 Å². The predicted octanol–water partition coefficient (Wildman–Crippen LogP) is 3.53.